The third kappa shape index (κ3) is 5.93. The van der Waals surface area contributed by atoms with E-state index in [2.05, 4.69) is 15.4 Å². The van der Waals surface area contributed by atoms with Crippen LogP contribution in [0.25, 0.3) is 17.0 Å². The Balaban J connectivity index is 1.09. The maximum atomic E-state index is 13.5. The number of rotatable bonds is 7. The van der Waals surface area contributed by atoms with E-state index in [0.717, 1.165) is 55.7 Å². The molecule has 1 aliphatic carbocycles. The second-order valence-corrected chi connectivity index (χ2v) is 10.3. The molecule has 1 saturated heterocycles. The lowest BCUT2D eigenvalue weighted by Crippen LogP contribution is -2.39. The van der Waals surface area contributed by atoms with Crippen LogP contribution < -0.4 is 5.32 Å². The Morgan fingerprint density at radius 1 is 1.14 bits per heavy atom. The summed E-state index contributed by atoms with van der Waals surface area (Å²) in [6.45, 7) is 3.86. The van der Waals surface area contributed by atoms with Crippen molar-refractivity contribution in [1.82, 2.24) is 15.4 Å². The summed E-state index contributed by atoms with van der Waals surface area (Å²) in [5.41, 5.74) is 2.41. The van der Waals surface area contributed by atoms with Crippen molar-refractivity contribution in [3.63, 3.8) is 0 Å². The fraction of sp³-hybridized carbons (Fsp3) is 0.429. The first-order valence-corrected chi connectivity index (χ1v) is 12.9. The highest BCUT2D eigenvalue weighted by molar-refractivity contribution is 6.30. The highest BCUT2D eigenvalue weighted by atomic mass is 35.5. The zero-order chi connectivity index (χ0) is 24.2. The predicted octanol–water partition coefficient (Wildman–Crippen LogP) is 6.05. The Labute approximate surface area is 210 Å². The van der Waals surface area contributed by atoms with Crippen LogP contribution in [0.1, 0.15) is 49.3 Å². The molecule has 3 aromatic rings. The molecular weight excluding hydrogens is 465 g/mol. The molecule has 2 aliphatic rings. The topological polar surface area (TPSA) is 58.4 Å². The molecule has 1 aliphatic heterocycles. The van der Waals surface area contributed by atoms with Gasteiger partial charge in [0.05, 0.1) is 5.69 Å². The van der Waals surface area contributed by atoms with Crippen LogP contribution in [0.15, 0.2) is 53.1 Å². The van der Waals surface area contributed by atoms with Crippen LogP contribution in [0, 0.1) is 17.7 Å². The van der Waals surface area contributed by atoms with Gasteiger partial charge in [0.2, 0.25) is 5.91 Å². The van der Waals surface area contributed by atoms with E-state index in [1.54, 1.807) is 18.2 Å². The van der Waals surface area contributed by atoms with Crippen LogP contribution in [-0.4, -0.2) is 42.1 Å². The highest BCUT2D eigenvalue weighted by Gasteiger charge is 2.31. The summed E-state index contributed by atoms with van der Waals surface area (Å²) in [5, 5.41) is 8.96. The fourth-order valence-corrected chi connectivity index (χ4v) is 5.84. The van der Waals surface area contributed by atoms with Crippen molar-refractivity contribution in [3.05, 3.63) is 70.6 Å². The summed E-state index contributed by atoms with van der Waals surface area (Å²) < 4.78 is 18.8. The van der Waals surface area contributed by atoms with Gasteiger partial charge in [0.25, 0.3) is 0 Å². The van der Waals surface area contributed by atoms with Gasteiger partial charge in [0, 0.05) is 41.6 Å². The second kappa shape index (κ2) is 10.9. The maximum absolute atomic E-state index is 13.5. The van der Waals surface area contributed by atoms with Gasteiger partial charge in [-0.25, -0.2) is 4.39 Å². The van der Waals surface area contributed by atoms with Gasteiger partial charge in [-0.3, -0.25) is 4.79 Å². The fourth-order valence-electron chi connectivity index (χ4n) is 5.64. The molecule has 2 fully saturated rings. The number of carbonyl (C=O) groups excluding carboxylic acids is 1. The predicted molar refractivity (Wildman–Crippen MR) is 137 cm³/mol. The lowest BCUT2D eigenvalue weighted by atomic mass is 9.89. The smallest absolute Gasteiger partial charge is 0.244 e. The highest BCUT2D eigenvalue weighted by Crippen LogP contribution is 2.36. The zero-order valence-corrected chi connectivity index (χ0v) is 20.5. The SMILES string of the molecule is O=C(C=Cc1cccc(Cl)c1)NC[C@H]1CCC[C@@H]1CN1CCC(c2noc3cc(F)ccc23)CC1. The van der Waals surface area contributed by atoms with E-state index in [1.807, 2.05) is 24.3 Å². The molecule has 1 N–H and O–H groups in total. The molecule has 1 aromatic heterocycles. The van der Waals surface area contributed by atoms with Crippen LogP contribution in [0.2, 0.25) is 5.02 Å². The zero-order valence-electron chi connectivity index (χ0n) is 19.8. The van der Waals surface area contributed by atoms with Gasteiger partial charge in [0.15, 0.2) is 5.58 Å². The quantitative estimate of drug-likeness (QED) is 0.405. The third-order valence-electron chi connectivity index (χ3n) is 7.56. The number of likely N-dealkylation sites (tertiary alicyclic amines) is 1. The molecule has 0 radical (unpaired) electrons. The number of aromatic nitrogens is 1. The molecule has 0 unspecified atom stereocenters. The van der Waals surface area contributed by atoms with Gasteiger partial charge in [-0.05, 0) is 86.5 Å². The van der Waals surface area contributed by atoms with E-state index in [9.17, 15) is 9.18 Å². The second-order valence-electron chi connectivity index (χ2n) is 9.87. The summed E-state index contributed by atoms with van der Waals surface area (Å²) >= 11 is 6.01. The minimum absolute atomic E-state index is 0.0591. The average Bonchev–Trinajstić information content (AvgIpc) is 3.48. The molecule has 7 heteroatoms. The molecule has 0 spiro atoms. The standard InChI is InChI=1S/C28H31ClFN3O2/c29-23-6-1-3-19(15-23)7-10-27(34)31-17-21-4-2-5-22(21)18-33-13-11-20(12-14-33)28-25-9-8-24(30)16-26(25)35-32-28/h1,3,6-10,15-16,20-22H,2,4-5,11-14,17-18H2,(H,31,34)/t21-,22-/m1/s1. The van der Waals surface area contributed by atoms with Gasteiger partial charge >= 0.3 is 0 Å². The first-order valence-electron chi connectivity index (χ1n) is 12.5. The van der Waals surface area contributed by atoms with Crippen molar-refractivity contribution in [3.8, 4) is 0 Å². The Morgan fingerprint density at radius 2 is 1.97 bits per heavy atom. The van der Waals surface area contributed by atoms with Gasteiger partial charge in [-0.15, -0.1) is 0 Å². The van der Waals surface area contributed by atoms with E-state index >= 15 is 0 Å². The summed E-state index contributed by atoms with van der Waals surface area (Å²) in [6, 6.07) is 12.1. The Hall–Kier alpha value is -2.70. The first kappa shape index (κ1) is 24.0. The van der Waals surface area contributed by atoms with E-state index in [0.29, 0.717) is 28.4 Å². The number of nitrogens with one attached hydrogen (secondary N) is 1. The van der Waals surface area contributed by atoms with Crippen molar-refractivity contribution >= 4 is 34.6 Å². The minimum atomic E-state index is -0.297. The Bertz CT molecular complexity index is 1200. The summed E-state index contributed by atoms with van der Waals surface area (Å²) in [6.07, 6.45) is 9.05. The molecule has 2 aromatic carbocycles. The first-order chi connectivity index (χ1) is 17.0. The van der Waals surface area contributed by atoms with Gasteiger partial charge in [-0.1, -0.05) is 35.3 Å². The molecule has 5 rings (SSSR count). The van der Waals surface area contributed by atoms with Crippen molar-refractivity contribution in [2.75, 3.05) is 26.2 Å². The molecule has 2 heterocycles. The number of fused-ring (bicyclic) bond motifs is 1. The van der Waals surface area contributed by atoms with Gasteiger partial charge in [-0.2, -0.15) is 0 Å². The maximum Gasteiger partial charge on any atom is 0.244 e. The van der Waals surface area contributed by atoms with E-state index in [-0.39, 0.29) is 11.7 Å². The van der Waals surface area contributed by atoms with Crippen LogP contribution in [-0.2, 0) is 4.79 Å². The van der Waals surface area contributed by atoms with E-state index in [1.165, 1.54) is 31.4 Å². The molecule has 1 amide bonds. The van der Waals surface area contributed by atoms with Crippen LogP contribution in [0.4, 0.5) is 4.39 Å². The number of nitrogens with zero attached hydrogens (tertiary/aromatic N) is 2. The number of carbonyl (C=O) groups is 1. The molecule has 5 nitrogen and oxygen atoms in total. The summed E-state index contributed by atoms with van der Waals surface area (Å²) in [7, 11) is 0. The Kier molecular flexibility index (Phi) is 7.49. The molecular formula is C28H31ClFN3O2. The lowest BCUT2D eigenvalue weighted by molar-refractivity contribution is -0.116. The number of amides is 1. The van der Waals surface area contributed by atoms with Crippen molar-refractivity contribution in [1.29, 1.82) is 0 Å². The van der Waals surface area contributed by atoms with Crippen LogP contribution >= 0.6 is 11.6 Å². The molecule has 184 valence electrons. The number of benzene rings is 2. The summed E-state index contributed by atoms with van der Waals surface area (Å²) in [4.78, 5) is 14.9. The van der Waals surface area contributed by atoms with E-state index in [4.69, 9.17) is 16.1 Å². The molecule has 0 bridgehead atoms. The van der Waals surface area contributed by atoms with Crippen LogP contribution in [0.5, 0.6) is 0 Å². The lowest BCUT2D eigenvalue weighted by Gasteiger charge is -2.34. The Morgan fingerprint density at radius 3 is 2.80 bits per heavy atom. The monoisotopic (exact) mass is 495 g/mol. The average molecular weight is 496 g/mol. The normalized spacial score (nSPS) is 21.8. The number of piperidine rings is 1. The largest absolute Gasteiger partial charge is 0.356 e. The molecule has 2 atom stereocenters. The number of hydrogen-bond acceptors (Lipinski definition) is 4. The van der Waals surface area contributed by atoms with Crippen LogP contribution in [0.3, 0.4) is 0 Å². The number of hydrogen-bond donors (Lipinski definition) is 1. The van der Waals surface area contributed by atoms with Crippen molar-refractivity contribution in [2.45, 2.75) is 38.0 Å². The third-order valence-corrected chi connectivity index (χ3v) is 7.79. The summed E-state index contributed by atoms with van der Waals surface area (Å²) in [5.74, 6) is 1.12. The van der Waals surface area contributed by atoms with Crippen molar-refractivity contribution < 1.29 is 13.7 Å². The van der Waals surface area contributed by atoms with Gasteiger partial charge in [0.1, 0.15) is 5.82 Å². The number of halogens is 2. The van der Waals surface area contributed by atoms with E-state index < -0.39 is 0 Å². The van der Waals surface area contributed by atoms with Crippen molar-refractivity contribution in [2.24, 2.45) is 11.8 Å². The minimum Gasteiger partial charge on any atom is -0.356 e. The van der Waals surface area contributed by atoms with Gasteiger partial charge < -0.3 is 14.7 Å². The molecule has 1 saturated carbocycles. The molecule has 35 heavy (non-hydrogen) atoms.